The predicted octanol–water partition coefficient (Wildman–Crippen LogP) is 1.43. The van der Waals surface area contributed by atoms with E-state index in [0.717, 1.165) is 36.8 Å². The number of H-pyrrole nitrogens is 1. The summed E-state index contributed by atoms with van der Waals surface area (Å²) in [5.74, 6) is -0.300. The Morgan fingerprint density at radius 3 is 2.86 bits per heavy atom. The third-order valence-electron chi connectivity index (χ3n) is 3.63. The van der Waals surface area contributed by atoms with Gasteiger partial charge < -0.3 is 15.6 Å². The summed E-state index contributed by atoms with van der Waals surface area (Å²) in [6, 6.07) is 9.19. The third-order valence-corrected chi connectivity index (χ3v) is 3.63. The third kappa shape index (κ3) is 3.43. The van der Waals surface area contributed by atoms with Crippen molar-refractivity contribution in [3.05, 3.63) is 46.2 Å². The summed E-state index contributed by atoms with van der Waals surface area (Å²) in [6.07, 6.45) is 1.99. The van der Waals surface area contributed by atoms with E-state index in [-0.39, 0.29) is 35.5 Å². The number of hydrogen-bond donors (Lipinski definition) is 3. The van der Waals surface area contributed by atoms with Crippen molar-refractivity contribution in [2.24, 2.45) is 0 Å². The highest BCUT2D eigenvalue weighted by Crippen LogP contribution is 2.10. The molecule has 0 aliphatic carbocycles. The lowest BCUT2D eigenvalue weighted by molar-refractivity contribution is 0.0929. The fourth-order valence-electron chi connectivity index (χ4n) is 2.55. The first-order valence-corrected chi connectivity index (χ1v) is 6.88. The number of fused-ring (bicyclic) bond motifs is 1. The Bertz CT molecular complexity index is 693. The highest BCUT2D eigenvalue weighted by Gasteiger charge is 2.18. The Morgan fingerprint density at radius 2 is 2.10 bits per heavy atom. The van der Waals surface area contributed by atoms with Gasteiger partial charge in [0, 0.05) is 18.1 Å². The lowest BCUT2D eigenvalue weighted by atomic mass is 10.1. The molecule has 1 aromatic heterocycles. The second-order valence-corrected chi connectivity index (χ2v) is 5.12. The van der Waals surface area contributed by atoms with Gasteiger partial charge in [0.25, 0.3) is 11.5 Å². The molecule has 3 rings (SSSR count). The Kier molecular flexibility index (Phi) is 4.98. The maximum Gasteiger partial charge on any atom is 0.261 e. The summed E-state index contributed by atoms with van der Waals surface area (Å²) >= 11 is 0. The lowest BCUT2D eigenvalue weighted by Crippen LogP contribution is -2.46. The number of rotatable bonds is 2. The molecule has 112 valence electrons. The van der Waals surface area contributed by atoms with Crippen LogP contribution in [0, 0.1) is 0 Å². The van der Waals surface area contributed by atoms with E-state index < -0.39 is 0 Å². The van der Waals surface area contributed by atoms with Crippen molar-refractivity contribution in [3.63, 3.8) is 0 Å². The van der Waals surface area contributed by atoms with Crippen LogP contribution in [-0.2, 0) is 0 Å². The number of para-hydroxylation sites is 1. The van der Waals surface area contributed by atoms with Crippen LogP contribution in [0.4, 0.5) is 0 Å². The van der Waals surface area contributed by atoms with Gasteiger partial charge in [-0.25, -0.2) is 0 Å². The fraction of sp³-hybridized carbons (Fsp3) is 0.333. The van der Waals surface area contributed by atoms with Gasteiger partial charge in [-0.3, -0.25) is 9.59 Å². The normalized spacial score (nSPS) is 18.0. The number of pyridine rings is 1. The minimum Gasteiger partial charge on any atom is -0.348 e. The molecule has 1 fully saturated rings. The highest BCUT2D eigenvalue weighted by molar-refractivity contribution is 5.97. The number of amides is 1. The Morgan fingerprint density at radius 1 is 1.29 bits per heavy atom. The molecule has 0 spiro atoms. The van der Waals surface area contributed by atoms with E-state index in [1.165, 1.54) is 0 Å². The Labute approximate surface area is 128 Å². The monoisotopic (exact) mass is 307 g/mol. The van der Waals surface area contributed by atoms with Crippen molar-refractivity contribution < 1.29 is 4.79 Å². The van der Waals surface area contributed by atoms with Crippen molar-refractivity contribution in [2.75, 3.05) is 13.1 Å². The van der Waals surface area contributed by atoms with Crippen LogP contribution in [-0.4, -0.2) is 30.0 Å². The van der Waals surface area contributed by atoms with Crippen molar-refractivity contribution in [1.82, 2.24) is 15.6 Å². The maximum atomic E-state index is 12.2. The second-order valence-electron chi connectivity index (χ2n) is 5.12. The van der Waals surface area contributed by atoms with Crippen LogP contribution in [0.3, 0.4) is 0 Å². The van der Waals surface area contributed by atoms with E-state index in [4.69, 9.17) is 0 Å². The van der Waals surface area contributed by atoms with Gasteiger partial charge in [-0.1, -0.05) is 18.2 Å². The van der Waals surface area contributed by atoms with Gasteiger partial charge in [-0.2, -0.15) is 0 Å². The highest BCUT2D eigenvalue weighted by atomic mass is 35.5. The van der Waals surface area contributed by atoms with Crippen LogP contribution in [0.25, 0.3) is 10.9 Å². The molecule has 1 aliphatic rings. The van der Waals surface area contributed by atoms with Crippen molar-refractivity contribution >= 4 is 29.2 Å². The predicted molar refractivity (Wildman–Crippen MR) is 85.2 cm³/mol. The zero-order valence-electron chi connectivity index (χ0n) is 11.5. The summed E-state index contributed by atoms with van der Waals surface area (Å²) in [5.41, 5.74) is 0.577. The van der Waals surface area contributed by atoms with Gasteiger partial charge in [0.05, 0.1) is 0 Å². The number of piperidine rings is 1. The van der Waals surface area contributed by atoms with E-state index in [1.54, 1.807) is 6.07 Å². The number of aromatic amines is 1. The van der Waals surface area contributed by atoms with Gasteiger partial charge >= 0.3 is 0 Å². The quantitative estimate of drug-likeness (QED) is 0.786. The van der Waals surface area contributed by atoms with Gasteiger partial charge in [0.15, 0.2) is 0 Å². The number of halogens is 1. The molecule has 5 nitrogen and oxygen atoms in total. The maximum absolute atomic E-state index is 12.2. The van der Waals surface area contributed by atoms with Gasteiger partial charge in [0.1, 0.15) is 5.56 Å². The smallest absolute Gasteiger partial charge is 0.261 e. The van der Waals surface area contributed by atoms with Crippen molar-refractivity contribution in [3.8, 4) is 0 Å². The van der Waals surface area contributed by atoms with Crippen molar-refractivity contribution in [1.29, 1.82) is 0 Å². The molecule has 0 unspecified atom stereocenters. The molecule has 1 amide bonds. The molecule has 1 aromatic carbocycles. The number of nitrogens with one attached hydrogen (secondary N) is 3. The van der Waals surface area contributed by atoms with E-state index in [0.29, 0.717) is 0 Å². The zero-order valence-corrected chi connectivity index (χ0v) is 12.3. The molecule has 6 heteroatoms. The summed E-state index contributed by atoms with van der Waals surface area (Å²) in [6.45, 7) is 1.75. The number of benzene rings is 1. The SMILES string of the molecule is Cl.O=C(N[C@H]1CCCNC1)c1cc2ccccc2[nH]c1=O. The van der Waals surface area contributed by atoms with Crippen LogP contribution >= 0.6 is 12.4 Å². The summed E-state index contributed by atoms with van der Waals surface area (Å²) in [4.78, 5) is 26.9. The van der Waals surface area contributed by atoms with Crippen LogP contribution in [0.2, 0.25) is 0 Å². The average molecular weight is 308 g/mol. The number of carbonyl (C=O) groups is 1. The molecule has 2 heterocycles. The summed E-state index contributed by atoms with van der Waals surface area (Å²) in [5, 5.41) is 7.01. The molecule has 0 radical (unpaired) electrons. The molecule has 1 atom stereocenters. The minimum atomic E-state index is -0.343. The summed E-state index contributed by atoms with van der Waals surface area (Å²) in [7, 11) is 0. The van der Waals surface area contributed by atoms with Crippen LogP contribution < -0.4 is 16.2 Å². The molecular weight excluding hydrogens is 290 g/mol. The van der Waals surface area contributed by atoms with Gasteiger partial charge in [-0.15, -0.1) is 12.4 Å². The number of aromatic nitrogens is 1. The standard InChI is InChI=1S/C15H17N3O2.ClH/c19-14(17-11-5-3-7-16-9-11)12-8-10-4-1-2-6-13(10)18-15(12)20;/h1-2,4,6,8,11,16H,3,5,7,9H2,(H,17,19)(H,18,20);1H/t11-;/m0./s1. The van der Waals surface area contributed by atoms with E-state index in [1.807, 2.05) is 24.3 Å². The molecule has 0 bridgehead atoms. The first-order chi connectivity index (χ1) is 9.74. The van der Waals surface area contributed by atoms with E-state index >= 15 is 0 Å². The first-order valence-electron chi connectivity index (χ1n) is 6.88. The molecule has 3 N–H and O–H groups in total. The Hall–Kier alpha value is -1.85. The van der Waals surface area contributed by atoms with E-state index in [2.05, 4.69) is 15.6 Å². The second kappa shape index (κ2) is 6.74. The van der Waals surface area contributed by atoms with Crippen molar-refractivity contribution in [2.45, 2.75) is 18.9 Å². The molecule has 2 aromatic rings. The lowest BCUT2D eigenvalue weighted by Gasteiger charge is -2.23. The summed E-state index contributed by atoms with van der Waals surface area (Å²) < 4.78 is 0. The van der Waals surface area contributed by atoms with Gasteiger partial charge in [-0.05, 0) is 36.9 Å². The zero-order chi connectivity index (χ0) is 13.9. The fourth-order valence-corrected chi connectivity index (χ4v) is 2.55. The molecule has 0 saturated carbocycles. The molecule has 1 aliphatic heterocycles. The topological polar surface area (TPSA) is 74.0 Å². The molecule has 1 saturated heterocycles. The number of hydrogen-bond acceptors (Lipinski definition) is 3. The largest absolute Gasteiger partial charge is 0.348 e. The first kappa shape index (κ1) is 15.5. The van der Waals surface area contributed by atoms with Crippen LogP contribution in [0.1, 0.15) is 23.2 Å². The minimum absolute atomic E-state index is 0. The number of carbonyl (C=O) groups excluding carboxylic acids is 1. The van der Waals surface area contributed by atoms with Crippen LogP contribution in [0.15, 0.2) is 35.1 Å². The Balaban J connectivity index is 0.00000161. The molecular formula is C15H18ClN3O2. The van der Waals surface area contributed by atoms with Crippen LogP contribution in [0.5, 0.6) is 0 Å². The van der Waals surface area contributed by atoms with E-state index in [9.17, 15) is 9.59 Å². The van der Waals surface area contributed by atoms with Gasteiger partial charge in [0.2, 0.25) is 0 Å². The average Bonchev–Trinajstić information content (AvgIpc) is 2.47. The molecule has 21 heavy (non-hydrogen) atoms.